The molecular weight excluding hydrogens is 817 g/mol. The molecule has 0 bridgehead atoms. The molecule has 18 heteroatoms. The van der Waals surface area contributed by atoms with E-state index in [4.69, 9.17) is 4.74 Å². The fourth-order valence-electron chi connectivity index (χ4n) is 8.59. The van der Waals surface area contributed by atoms with Crippen LogP contribution < -0.4 is 19.5 Å². The lowest BCUT2D eigenvalue weighted by atomic mass is 9.93. The summed E-state index contributed by atoms with van der Waals surface area (Å²) < 4.78 is 63.4. The lowest BCUT2D eigenvalue weighted by molar-refractivity contribution is -0.142. The summed E-state index contributed by atoms with van der Waals surface area (Å²) in [6.45, 7) is 2.21. The van der Waals surface area contributed by atoms with Gasteiger partial charge in [0.2, 0.25) is 31.9 Å². The van der Waals surface area contributed by atoms with Crippen molar-refractivity contribution in [1.29, 1.82) is 0 Å². The molecule has 314 valence electrons. The van der Waals surface area contributed by atoms with Crippen LogP contribution in [0.1, 0.15) is 66.7 Å². The van der Waals surface area contributed by atoms with Crippen molar-refractivity contribution in [3.63, 3.8) is 0 Å². The number of hydrogen-bond acceptors (Lipinski definition) is 11. The topological polar surface area (TPSA) is 201 Å². The van der Waals surface area contributed by atoms with Crippen LogP contribution in [0.4, 0.5) is 0 Å². The van der Waals surface area contributed by atoms with Gasteiger partial charge in [-0.1, -0.05) is 42.7 Å². The predicted molar refractivity (Wildman–Crippen MR) is 219 cm³/mol. The Bertz CT molecular complexity index is 2380. The highest BCUT2D eigenvalue weighted by Gasteiger charge is 2.63. The molecule has 2 aliphatic carbocycles. The maximum Gasteiger partial charge on any atom is 0.282 e. The molecule has 0 radical (unpaired) electrons. The van der Waals surface area contributed by atoms with Crippen LogP contribution in [-0.4, -0.2) is 105 Å². The molecule has 3 aromatic rings. The highest BCUT2D eigenvalue weighted by molar-refractivity contribution is 7.91. The quantitative estimate of drug-likeness (QED) is 0.268. The largest absolute Gasteiger partial charge is 0.497 e. The number of carbonyl (C=O) groups excluding carboxylic acids is 4. The van der Waals surface area contributed by atoms with Crippen LogP contribution in [-0.2, 0) is 34.4 Å². The summed E-state index contributed by atoms with van der Waals surface area (Å²) in [7, 11) is -6.52. The van der Waals surface area contributed by atoms with E-state index in [2.05, 4.69) is 19.7 Å². The minimum absolute atomic E-state index is 0.00452. The van der Waals surface area contributed by atoms with E-state index >= 15 is 0 Å². The molecule has 2 saturated heterocycles. The smallest absolute Gasteiger partial charge is 0.282 e. The summed E-state index contributed by atoms with van der Waals surface area (Å²) in [5, 5.41) is 4.30. The van der Waals surface area contributed by atoms with Gasteiger partial charge >= 0.3 is 0 Å². The van der Waals surface area contributed by atoms with E-state index < -0.39 is 72.5 Å². The zero-order valence-corrected chi connectivity index (χ0v) is 35.3. The highest BCUT2D eigenvalue weighted by atomic mass is 32.2. The first-order chi connectivity index (χ1) is 28.2. The molecule has 4 heterocycles. The summed E-state index contributed by atoms with van der Waals surface area (Å²) in [4.78, 5) is 65.0. The fraction of sp³-hybridized carbons (Fsp3) is 0.488. The number of fused-ring (bicyclic) bond motifs is 4. The number of allylic oxidation sites excluding steroid dienone is 1. The van der Waals surface area contributed by atoms with Crippen LogP contribution >= 0.6 is 11.3 Å². The molecule has 4 amide bonds. The molecule has 2 aromatic carbocycles. The van der Waals surface area contributed by atoms with Crippen LogP contribution in [0, 0.1) is 24.7 Å². The van der Waals surface area contributed by atoms with Crippen molar-refractivity contribution in [3.8, 4) is 17.0 Å². The van der Waals surface area contributed by atoms with Gasteiger partial charge in [-0.15, -0.1) is 11.3 Å². The van der Waals surface area contributed by atoms with Gasteiger partial charge in [0.15, 0.2) is 5.01 Å². The normalized spacial score (nSPS) is 28.0. The van der Waals surface area contributed by atoms with Gasteiger partial charge in [-0.3, -0.25) is 23.9 Å². The number of likely N-dealkylation sites (tertiary alicyclic amines) is 1. The Labute approximate surface area is 348 Å². The van der Waals surface area contributed by atoms with E-state index in [-0.39, 0.29) is 54.2 Å². The van der Waals surface area contributed by atoms with E-state index in [0.717, 1.165) is 17.5 Å². The molecule has 3 aliphatic heterocycles. The average Bonchev–Trinajstić information content (AvgIpc) is 4.03. The van der Waals surface area contributed by atoms with E-state index in [0.29, 0.717) is 43.5 Å². The van der Waals surface area contributed by atoms with Crippen molar-refractivity contribution in [3.05, 3.63) is 76.6 Å². The molecular formula is C41H48N6O9S3. The van der Waals surface area contributed by atoms with Crippen LogP contribution in [0.3, 0.4) is 0 Å². The third-order valence-corrected chi connectivity index (χ3v) is 16.3. The average molecular weight is 865 g/mol. The maximum atomic E-state index is 14.8. The first-order valence-electron chi connectivity index (χ1n) is 20.0. The van der Waals surface area contributed by atoms with Gasteiger partial charge < -0.3 is 19.9 Å². The monoisotopic (exact) mass is 864 g/mol. The standard InChI is InChI=1S/C41H48N6O9S3/c1-25-10-16-30(17-11-25)58(52,53)44-33-9-7-5-3-4-6-8-28-20-41(28,40(51)45-59(54,55)31-18-19-31)43-36(48)35-32-23-46(21-27(32)22-47(35)38(33)49)39(50)37-42-34(24-57-37)26-12-14-29(56-2)15-13-26/h6,8,10-17,24,27-28,31-33,35,44H,3-5,7,9,18-23H2,1-2H3,(H,43,48)(H,45,51)/b8-6-/t27-,28+,32-,33-,35-,41+/m0/s1. The number of benzene rings is 2. The van der Waals surface area contributed by atoms with Crippen LogP contribution in [0.15, 0.2) is 71.0 Å². The Morgan fingerprint density at radius 2 is 1.69 bits per heavy atom. The second-order valence-corrected chi connectivity index (χ2v) is 20.9. The molecule has 5 aliphatic rings. The van der Waals surface area contributed by atoms with E-state index in [1.54, 1.807) is 29.5 Å². The Hall–Kier alpha value is -4.65. The van der Waals surface area contributed by atoms with E-state index in [9.17, 15) is 36.0 Å². The number of ether oxygens (including phenoxy) is 1. The molecule has 8 rings (SSSR count). The van der Waals surface area contributed by atoms with Gasteiger partial charge in [0, 0.05) is 48.3 Å². The molecule has 0 spiro atoms. The first kappa shape index (κ1) is 41.1. The van der Waals surface area contributed by atoms with Gasteiger partial charge in [0.05, 0.1) is 22.9 Å². The number of thiazole rings is 1. The number of amides is 4. The minimum Gasteiger partial charge on any atom is -0.497 e. The number of rotatable bonds is 9. The molecule has 59 heavy (non-hydrogen) atoms. The van der Waals surface area contributed by atoms with Crippen LogP contribution in [0.25, 0.3) is 11.3 Å². The maximum absolute atomic E-state index is 14.8. The number of aromatic nitrogens is 1. The second kappa shape index (κ2) is 16.1. The second-order valence-electron chi connectivity index (χ2n) is 16.3. The van der Waals surface area contributed by atoms with Crippen LogP contribution in [0.2, 0.25) is 0 Å². The minimum atomic E-state index is -4.15. The SMILES string of the molecule is COc1ccc(-c2csc(C(=O)N3C[C@H]4CN5C(=O)[C@@H](NS(=O)(=O)c6ccc(C)cc6)CCCCC/C=C\[C@@H]6C[C@@]6(C(=O)NS(=O)(=O)C6CC6)NC(=O)[C@@H]5[C@H]4C3)n2)cc1. The van der Waals surface area contributed by atoms with Crippen molar-refractivity contribution in [2.45, 2.75) is 86.1 Å². The fourth-order valence-corrected chi connectivity index (χ4v) is 12.0. The Kier molecular flexibility index (Phi) is 11.2. The Morgan fingerprint density at radius 3 is 2.41 bits per heavy atom. The third kappa shape index (κ3) is 8.41. The third-order valence-electron chi connectivity index (χ3n) is 12.2. The van der Waals surface area contributed by atoms with E-state index in [1.165, 1.54) is 28.4 Å². The number of aryl methyl sites for hydroxylation is 1. The summed E-state index contributed by atoms with van der Waals surface area (Å²) in [6, 6.07) is 11.2. The van der Waals surface area contributed by atoms with Crippen molar-refractivity contribution < 1.29 is 40.8 Å². The van der Waals surface area contributed by atoms with Crippen molar-refractivity contribution in [1.82, 2.24) is 29.5 Å². The van der Waals surface area contributed by atoms with Crippen molar-refractivity contribution in [2.24, 2.45) is 17.8 Å². The summed E-state index contributed by atoms with van der Waals surface area (Å²) in [6.07, 6.45) is 7.59. The molecule has 4 fully saturated rings. The summed E-state index contributed by atoms with van der Waals surface area (Å²) >= 11 is 1.20. The van der Waals surface area contributed by atoms with Gasteiger partial charge in [0.25, 0.3) is 11.8 Å². The highest BCUT2D eigenvalue weighted by Crippen LogP contribution is 2.47. The Balaban J connectivity index is 1.09. The molecule has 0 unspecified atom stereocenters. The van der Waals surface area contributed by atoms with Gasteiger partial charge in [-0.05, 0) is 81.8 Å². The lowest BCUT2D eigenvalue weighted by Crippen LogP contribution is -2.60. The van der Waals surface area contributed by atoms with Gasteiger partial charge in [0.1, 0.15) is 23.4 Å². The van der Waals surface area contributed by atoms with Crippen molar-refractivity contribution in [2.75, 3.05) is 26.7 Å². The summed E-state index contributed by atoms with van der Waals surface area (Å²) in [5.74, 6) is -3.11. The number of sulfonamides is 2. The van der Waals surface area contributed by atoms with Crippen LogP contribution in [0.5, 0.6) is 5.75 Å². The summed E-state index contributed by atoms with van der Waals surface area (Å²) in [5.41, 5.74) is 0.735. The number of nitrogens with one attached hydrogen (secondary N) is 3. The van der Waals surface area contributed by atoms with Crippen molar-refractivity contribution >= 4 is 55.0 Å². The van der Waals surface area contributed by atoms with E-state index in [1.807, 2.05) is 43.3 Å². The zero-order chi connectivity index (χ0) is 41.7. The number of hydrogen-bond donors (Lipinski definition) is 3. The zero-order valence-electron chi connectivity index (χ0n) is 32.8. The molecule has 1 aromatic heterocycles. The lowest BCUT2D eigenvalue weighted by Gasteiger charge is -2.32. The molecule has 6 atom stereocenters. The number of carbonyl (C=O) groups is 4. The molecule has 3 N–H and O–H groups in total. The molecule has 15 nitrogen and oxygen atoms in total. The molecule has 2 saturated carbocycles. The Morgan fingerprint density at radius 1 is 0.949 bits per heavy atom. The first-order valence-corrected chi connectivity index (χ1v) is 23.9. The van der Waals surface area contributed by atoms with Gasteiger partial charge in [-0.25, -0.2) is 21.8 Å². The number of nitrogens with zero attached hydrogens (tertiary/aromatic N) is 3. The predicted octanol–water partition coefficient (Wildman–Crippen LogP) is 3.38. The number of methoxy groups -OCH3 is 1. The van der Waals surface area contributed by atoms with Gasteiger partial charge in [-0.2, -0.15) is 4.72 Å².